The third-order valence-electron chi connectivity index (χ3n) is 11.8. The molecule has 2 fully saturated rings. The molecule has 6 aromatic carbocycles. The van der Waals surface area contributed by atoms with Gasteiger partial charge in [-0.2, -0.15) is 0 Å². The first-order valence-corrected chi connectivity index (χ1v) is 23.4. The molecule has 0 radical (unpaired) electrons. The van der Waals surface area contributed by atoms with Crippen LogP contribution < -0.4 is 0 Å². The Kier molecular flexibility index (Phi) is 18.4. The zero-order valence-corrected chi connectivity index (χ0v) is 38.9. The minimum Gasteiger partial charge on any atom is -0.459 e. The van der Waals surface area contributed by atoms with Crippen LogP contribution in [0.25, 0.3) is 0 Å². The highest BCUT2D eigenvalue weighted by Crippen LogP contribution is 2.36. The number of hydrogen-bond acceptors (Lipinski definition) is 14. The number of carbonyl (C=O) groups excluding carboxylic acids is 3. The molecule has 71 heavy (non-hydrogen) atoms. The van der Waals surface area contributed by atoms with Crippen LogP contribution in [0.3, 0.4) is 0 Å². The molecule has 10 atom stereocenters. The van der Waals surface area contributed by atoms with Gasteiger partial charge in [0.1, 0.15) is 43.2 Å². The predicted octanol–water partition coefficient (Wildman–Crippen LogP) is 8.08. The number of benzene rings is 6. The lowest BCUT2D eigenvalue weighted by molar-refractivity contribution is -0.370. The predicted molar refractivity (Wildman–Crippen MR) is 259 cm³/mol. The highest BCUT2D eigenvalue weighted by Gasteiger charge is 2.56. The van der Waals surface area contributed by atoms with Gasteiger partial charge in [0.05, 0.1) is 49.7 Å². The first kappa shape index (κ1) is 50.5. The number of aliphatic hydroxyl groups is 1. The topological polar surface area (TPSA) is 164 Å². The summed E-state index contributed by atoms with van der Waals surface area (Å²) >= 11 is 0. The van der Waals surface area contributed by atoms with Crippen LogP contribution in [0.15, 0.2) is 195 Å². The quantitative estimate of drug-likeness (QED) is 0.0395. The van der Waals surface area contributed by atoms with Crippen LogP contribution in [-0.4, -0.2) is 104 Å². The summed E-state index contributed by atoms with van der Waals surface area (Å²) in [6.07, 6.45) is -11.9. The molecule has 368 valence electrons. The Morgan fingerprint density at radius 1 is 0.465 bits per heavy atom. The van der Waals surface area contributed by atoms with Gasteiger partial charge in [0.25, 0.3) is 0 Å². The number of ether oxygens (including phenoxy) is 10. The summed E-state index contributed by atoms with van der Waals surface area (Å²) in [4.78, 5) is 41.6. The van der Waals surface area contributed by atoms with Crippen LogP contribution >= 0.6 is 0 Å². The van der Waals surface area contributed by atoms with Gasteiger partial charge in [0.15, 0.2) is 24.8 Å². The second-order valence-corrected chi connectivity index (χ2v) is 16.8. The molecular formula is C57H56O14. The maximum atomic E-state index is 14.2. The van der Waals surface area contributed by atoms with Crippen LogP contribution in [0, 0.1) is 0 Å². The fourth-order valence-corrected chi connectivity index (χ4v) is 8.23. The van der Waals surface area contributed by atoms with Gasteiger partial charge in [-0.1, -0.05) is 152 Å². The first-order valence-electron chi connectivity index (χ1n) is 23.4. The minimum absolute atomic E-state index is 0.0125. The molecule has 0 bridgehead atoms. The third-order valence-corrected chi connectivity index (χ3v) is 11.8. The van der Waals surface area contributed by atoms with Gasteiger partial charge in [-0.25, -0.2) is 14.4 Å². The summed E-state index contributed by atoms with van der Waals surface area (Å²) in [6, 6.07) is 53.4. The van der Waals surface area contributed by atoms with Gasteiger partial charge in [0, 0.05) is 0 Å². The molecule has 0 amide bonds. The highest BCUT2D eigenvalue weighted by atomic mass is 16.8. The molecule has 2 aliphatic heterocycles. The maximum Gasteiger partial charge on any atom is 0.338 e. The molecule has 8 rings (SSSR count). The monoisotopic (exact) mass is 964 g/mol. The maximum absolute atomic E-state index is 14.2. The summed E-state index contributed by atoms with van der Waals surface area (Å²) in [5.74, 6) is -2.24. The second-order valence-electron chi connectivity index (χ2n) is 16.8. The first-order chi connectivity index (χ1) is 34.8. The second kappa shape index (κ2) is 25.8. The molecule has 2 saturated heterocycles. The van der Waals surface area contributed by atoms with E-state index in [0.717, 1.165) is 16.7 Å². The van der Waals surface area contributed by atoms with Crippen molar-refractivity contribution in [1.29, 1.82) is 0 Å². The fraction of sp³-hybridized carbons (Fsp3) is 0.281. The molecule has 0 aliphatic carbocycles. The zero-order chi connectivity index (χ0) is 49.2. The Balaban J connectivity index is 1.17. The molecule has 14 nitrogen and oxygen atoms in total. The molecule has 0 saturated carbocycles. The SMILES string of the molecule is C=CCO[C@@H]1[C@H](OC(=O)c2ccccc2)[C@H](O[C@H]2[C@@H](OCc3ccccc3)[C@H](OCc3ccccc3)[C@@H](COCc3ccccc3)O[C@@H]2O)O[C@H](COC(=O)c2ccccc2)[C@H]1OC(=O)c1ccccc1. The molecule has 2 heterocycles. The molecule has 2 aliphatic rings. The van der Waals surface area contributed by atoms with E-state index in [-0.39, 0.29) is 49.7 Å². The average molecular weight is 965 g/mol. The standard InChI is InChI=1S/C57H56O14/c1-2-33-63-50-48(69-54(59)43-29-17-7-18-30-43)46(38-66-53(58)42-27-15-6-16-28-42)68-57(52(50)70-55(60)44-31-19-8-20-32-44)71-51-49(65-36-41-25-13-5-14-26-41)47(64-35-40-23-11-4-12-24-40)45(67-56(51)61)37-62-34-39-21-9-3-10-22-39/h2-32,45-52,56-57,61H,1,33-38H2/t45-,46-,47-,48-,49+,50+,51+,52+,56+,57+/m1/s1. The summed E-state index contributed by atoms with van der Waals surface area (Å²) in [6.45, 7) is 3.64. The molecular weight excluding hydrogens is 909 g/mol. The van der Waals surface area contributed by atoms with Crippen LogP contribution in [0.2, 0.25) is 0 Å². The molecule has 14 heteroatoms. The van der Waals surface area contributed by atoms with Gasteiger partial charge in [-0.15, -0.1) is 6.58 Å². The molecule has 0 unspecified atom stereocenters. The highest BCUT2D eigenvalue weighted by molar-refractivity contribution is 5.90. The van der Waals surface area contributed by atoms with E-state index in [0.29, 0.717) is 0 Å². The summed E-state index contributed by atoms with van der Waals surface area (Å²) in [5.41, 5.74) is 3.25. The van der Waals surface area contributed by atoms with E-state index in [4.69, 9.17) is 47.4 Å². The van der Waals surface area contributed by atoms with Gasteiger partial charge in [0.2, 0.25) is 0 Å². The van der Waals surface area contributed by atoms with Crippen molar-refractivity contribution in [2.24, 2.45) is 0 Å². The van der Waals surface area contributed by atoms with Crippen LogP contribution in [-0.2, 0) is 67.2 Å². The Hall–Kier alpha value is -6.85. The average Bonchev–Trinajstić information content (AvgIpc) is 3.42. The number of esters is 3. The van der Waals surface area contributed by atoms with Crippen molar-refractivity contribution in [3.63, 3.8) is 0 Å². The largest absolute Gasteiger partial charge is 0.459 e. The zero-order valence-electron chi connectivity index (χ0n) is 38.9. The van der Waals surface area contributed by atoms with E-state index in [1.807, 2.05) is 91.0 Å². The smallest absolute Gasteiger partial charge is 0.338 e. The summed E-state index contributed by atoms with van der Waals surface area (Å²) in [5, 5.41) is 12.2. The van der Waals surface area contributed by atoms with Crippen LogP contribution in [0.5, 0.6) is 0 Å². The van der Waals surface area contributed by atoms with Crippen molar-refractivity contribution in [3.8, 4) is 0 Å². The lowest BCUT2D eigenvalue weighted by atomic mass is 9.96. The van der Waals surface area contributed by atoms with Crippen molar-refractivity contribution < 1.29 is 66.9 Å². The van der Waals surface area contributed by atoms with Crippen molar-refractivity contribution >= 4 is 17.9 Å². The van der Waals surface area contributed by atoms with Gasteiger partial charge < -0.3 is 52.5 Å². The third kappa shape index (κ3) is 13.9. The van der Waals surface area contributed by atoms with E-state index >= 15 is 0 Å². The Morgan fingerprint density at radius 3 is 1.39 bits per heavy atom. The lowest BCUT2D eigenvalue weighted by Crippen LogP contribution is -2.66. The fourth-order valence-electron chi connectivity index (χ4n) is 8.23. The normalized spacial score (nSPS) is 24.0. The van der Waals surface area contributed by atoms with Crippen molar-refractivity contribution in [2.45, 2.75) is 81.2 Å². The molecule has 1 N–H and O–H groups in total. The molecule has 6 aromatic rings. The number of hydrogen-bond donors (Lipinski definition) is 1. The van der Waals surface area contributed by atoms with E-state index in [2.05, 4.69) is 6.58 Å². The van der Waals surface area contributed by atoms with Gasteiger partial charge in [-0.3, -0.25) is 0 Å². The number of rotatable bonds is 22. The van der Waals surface area contributed by atoms with Crippen LogP contribution in [0.4, 0.5) is 0 Å². The van der Waals surface area contributed by atoms with E-state index in [9.17, 15) is 19.5 Å². The Labute approximate surface area is 412 Å². The molecule has 0 spiro atoms. The van der Waals surface area contributed by atoms with Crippen molar-refractivity contribution in [2.75, 3.05) is 19.8 Å². The summed E-state index contributed by atoms with van der Waals surface area (Å²) in [7, 11) is 0. The lowest BCUT2D eigenvalue weighted by Gasteiger charge is -2.49. The number of carbonyl (C=O) groups is 3. The molecule has 0 aromatic heterocycles. The summed E-state index contributed by atoms with van der Waals surface area (Å²) < 4.78 is 64.3. The van der Waals surface area contributed by atoms with Gasteiger partial charge >= 0.3 is 17.9 Å². The minimum atomic E-state index is -1.72. The van der Waals surface area contributed by atoms with E-state index < -0.39 is 85.9 Å². The van der Waals surface area contributed by atoms with Crippen molar-refractivity contribution in [3.05, 3.63) is 228 Å². The Morgan fingerprint density at radius 2 is 0.887 bits per heavy atom. The Bertz CT molecular complexity index is 2550. The van der Waals surface area contributed by atoms with Crippen LogP contribution in [0.1, 0.15) is 47.8 Å². The van der Waals surface area contributed by atoms with E-state index in [1.54, 1.807) is 91.0 Å². The van der Waals surface area contributed by atoms with E-state index in [1.165, 1.54) is 6.08 Å². The van der Waals surface area contributed by atoms with Crippen molar-refractivity contribution in [1.82, 2.24) is 0 Å². The number of aliphatic hydroxyl groups excluding tert-OH is 1. The van der Waals surface area contributed by atoms with Gasteiger partial charge in [-0.05, 0) is 53.1 Å².